The second-order valence-electron chi connectivity index (χ2n) is 5.81. The van der Waals surface area contributed by atoms with Gasteiger partial charge >= 0.3 is 0 Å². The maximum atomic E-state index is 12.4. The molecule has 3 rings (SSSR count). The molecule has 2 N–H and O–H groups in total. The van der Waals surface area contributed by atoms with E-state index < -0.39 is 5.91 Å². The monoisotopic (exact) mass is 288 g/mol. The van der Waals surface area contributed by atoms with Gasteiger partial charge in [-0.3, -0.25) is 14.8 Å². The fourth-order valence-electron chi connectivity index (χ4n) is 3.71. The van der Waals surface area contributed by atoms with Gasteiger partial charge < -0.3 is 4.90 Å². The van der Waals surface area contributed by atoms with Crippen LogP contribution in [0.2, 0.25) is 0 Å². The van der Waals surface area contributed by atoms with Gasteiger partial charge in [-0.2, -0.15) is 0 Å². The Morgan fingerprint density at radius 2 is 2.19 bits per heavy atom. The minimum absolute atomic E-state index is 0.0404. The van der Waals surface area contributed by atoms with Crippen molar-refractivity contribution in [3.8, 4) is 0 Å². The minimum Gasteiger partial charge on any atom is -0.343 e. The van der Waals surface area contributed by atoms with E-state index in [1.807, 2.05) is 24.0 Å². The maximum Gasteiger partial charge on any atom is 0.274 e. The van der Waals surface area contributed by atoms with Crippen molar-refractivity contribution >= 4 is 11.8 Å². The molecule has 5 heteroatoms. The van der Waals surface area contributed by atoms with Crippen molar-refractivity contribution in [1.29, 1.82) is 0 Å². The molecule has 1 aromatic rings. The first-order chi connectivity index (χ1) is 10.2. The van der Waals surface area contributed by atoms with Gasteiger partial charge in [0.15, 0.2) is 0 Å². The highest BCUT2D eigenvalue weighted by Gasteiger charge is 2.40. The molecule has 112 valence electrons. The molecule has 1 aliphatic carbocycles. The topological polar surface area (TPSA) is 69.6 Å². The van der Waals surface area contributed by atoms with E-state index in [-0.39, 0.29) is 17.7 Å². The van der Waals surface area contributed by atoms with E-state index in [1.165, 1.54) is 5.56 Å². The van der Waals surface area contributed by atoms with Gasteiger partial charge in [0, 0.05) is 24.6 Å². The Morgan fingerprint density at radius 1 is 1.38 bits per heavy atom. The third-order valence-electron chi connectivity index (χ3n) is 4.84. The summed E-state index contributed by atoms with van der Waals surface area (Å²) in [5.74, 6) is -0.0159. The van der Waals surface area contributed by atoms with Crippen molar-refractivity contribution in [2.75, 3.05) is 13.1 Å². The molecule has 0 aromatic heterocycles. The Morgan fingerprint density at radius 3 is 2.86 bits per heavy atom. The van der Waals surface area contributed by atoms with Gasteiger partial charge in [0.05, 0.1) is 0 Å². The highest BCUT2D eigenvalue weighted by Crippen LogP contribution is 2.42. The SMILES string of the molecule is CCN1CCC(C2CCc3ccc(C(=O)NO)cc32)C1=O. The van der Waals surface area contributed by atoms with Gasteiger partial charge in [-0.15, -0.1) is 0 Å². The van der Waals surface area contributed by atoms with E-state index in [0.717, 1.165) is 37.9 Å². The van der Waals surface area contributed by atoms with E-state index in [4.69, 9.17) is 5.21 Å². The van der Waals surface area contributed by atoms with Crippen LogP contribution in [0.5, 0.6) is 0 Å². The summed E-state index contributed by atoms with van der Waals surface area (Å²) in [6.07, 6.45) is 2.82. The minimum atomic E-state index is -0.503. The van der Waals surface area contributed by atoms with Crippen molar-refractivity contribution in [3.05, 3.63) is 34.9 Å². The zero-order valence-electron chi connectivity index (χ0n) is 12.1. The summed E-state index contributed by atoms with van der Waals surface area (Å²) in [6.45, 7) is 3.61. The van der Waals surface area contributed by atoms with Crippen LogP contribution in [-0.2, 0) is 11.2 Å². The number of hydrogen-bond donors (Lipinski definition) is 2. The van der Waals surface area contributed by atoms with Gasteiger partial charge in [0.1, 0.15) is 0 Å². The first kappa shape index (κ1) is 14.1. The number of nitrogens with zero attached hydrogens (tertiary/aromatic N) is 1. The number of aryl methyl sites for hydroxylation is 1. The van der Waals surface area contributed by atoms with Crippen molar-refractivity contribution in [2.24, 2.45) is 5.92 Å². The number of benzene rings is 1. The normalized spacial score (nSPS) is 24.3. The highest BCUT2D eigenvalue weighted by molar-refractivity contribution is 5.93. The Hall–Kier alpha value is -1.88. The van der Waals surface area contributed by atoms with Gasteiger partial charge in [0.2, 0.25) is 5.91 Å². The molecule has 1 heterocycles. The average Bonchev–Trinajstić information content (AvgIpc) is 3.08. The van der Waals surface area contributed by atoms with Crippen molar-refractivity contribution < 1.29 is 14.8 Å². The van der Waals surface area contributed by atoms with Crippen LogP contribution in [0.15, 0.2) is 18.2 Å². The number of rotatable bonds is 3. The number of carbonyl (C=O) groups is 2. The summed E-state index contributed by atoms with van der Waals surface area (Å²) in [6, 6.07) is 5.50. The zero-order chi connectivity index (χ0) is 15.0. The summed E-state index contributed by atoms with van der Waals surface area (Å²) >= 11 is 0. The number of fused-ring (bicyclic) bond motifs is 1. The summed E-state index contributed by atoms with van der Waals surface area (Å²) in [4.78, 5) is 25.9. The molecule has 21 heavy (non-hydrogen) atoms. The molecular weight excluding hydrogens is 268 g/mol. The number of likely N-dealkylation sites (tertiary alicyclic amines) is 1. The average molecular weight is 288 g/mol. The van der Waals surface area contributed by atoms with Crippen LogP contribution >= 0.6 is 0 Å². The van der Waals surface area contributed by atoms with Crippen molar-refractivity contribution in [1.82, 2.24) is 10.4 Å². The molecule has 0 spiro atoms. The Labute approximate surface area is 123 Å². The van der Waals surface area contributed by atoms with E-state index in [2.05, 4.69) is 0 Å². The third-order valence-corrected chi connectivity index (χ3v) is 4.84. The van der Waals surface area contributed by atoms with Gasteiger partial charge in [-0.1, -0.05) is 6.07 Å². The Bertz CT molecular complexity index is 585. The van der Waals surface area contributed by atoms with Gasteiger partial charge in [-0.05, 0) is 55.4 Å². The van der Waals surface area contributed by atoms with Crippen LogP contribution in [-0.4, -0.2) is 35.0 Å². The quantitative estimate of drug-likeness (QED) is 0.657. The van der Waals surface area contributed by atoms with Gasteiger partial charge in [-0.25, -0.2) is 5.48 Å². The van der Waals surface area contributed by atoms with Crippen LogP contribution in [0.1, 0.15) is 47.2 Å². The van der Waals surface area contributed by atoms with Crippen molar-refractivity contribution in [3.63, 3.8) is 0 Å². The van der Waals surface area contributed by atoms with E-state index in [1.54, 1.807) is 11.5 Å². The van der Waals surface area contributed by atoms with Crippen LogP contribution in [0, 0.1) is 5.92 Å². The Kier molecular flexibility index (Phi) is 3.68. The second kappa shape index (κ2) is 5.48. The smallest absolute Gasteiger partial charge is 0.274 e. The first-order valence-electron chi connectivity index (χ1n) is 7.51. The molecule has 0 radical (unpaired) electrons. The van der Waals surface area contributed by atoms with Crippen molar-refractivity contribution in [2.45, 2.75) is 32.1 Å². The second-order valence-corrected chi connectivity index (χ2v) is 5.81. The molecule has 1 aliphatic heterocycles. The first-order valence-corrected chi connectivity index (χ1v) is 7.51. The van der Waals surface area contributed by atoms with Gasteiger partial charge in [0.25, 0.3) is 5.91 Å². The summed E-state index contributed by atoms with van der Waals surface area (Å²) in [5, 5.41) is 8.76. The third kappa shape index (κ3) is 2.31. The maximum absolute atomic E-state index is 12.4. The predicted octanol–water partition coefficient (Wildman–Crippen LogP) is 1.70. The van der Waals surface area contributed by atoms with E-state index in [0.29, 0.717) is 5.56 Å². The van der Waals surface area contributed by atoms with E-state index in [9.17, 15) is 9.59 Å². The van der Waals surface area contributed by atoms with Crippen LogP contribution < -0.4 is 5.48 Å². The molecule has 2 unspecified atom stereocenters. The molecule has 5 nitrogen and oxygen atoms in total. The summed E-state index contributed by atoms with van der Waals surface area (Å²) in [7, 11) is 0. The lowest BCUT2D eigenvalue weighted by Crippen LogP contribution is -2.29. The lowest BCUT2D eigenvalue weighted by molar-refractivity contribution is -0.131. The molecule has 0 saturated carbocycles. The molecule has 1 saturated heterocycles. The fourth-order valence-corrected chi connectivity index (χ4v) is 3.71. The standard InChI is InChI=1S/C16H20N2O3/c1-2-18-8-7-13(16(18)20)12-6-5-10-3-4-11(9-14(10)12)15(19)17-21/h3-4,9,12-13,21H,2,5-8H2,1H3,(H,17,19). The molecule has 1 aromatic carbocycles. The number of hydroxylamine groups is 1. The molecule has 2 atom stereocenters. The lowest BCUT2D eigenvalue weighted by atomic mass is 9.85. The molecule has 1 fully saturated rings. The molecule has 2 aliphatic rings. The fraction of sp³-hybridized carbons (Fsp3) is 0.500. The number of hydrogen-bond acceptors (Lipinski definition) is 3. The number of carbonyl (C=O) groups excluding carboxylic acids is 2. The molecular formula is C16H20N2O3. The van der Waals surface area contributed by atoms with Crippen LogP contribution in [0.4, 0.5) is 0 Å². The summed E-state index contributed by atoms with van der Waals surface area (Å²) in [5.41, 5.74) is 4.44. The molecule has 0 bridgehead atoms. The molecule has 2 amide bonds. The van der Waals surface area contributed by atoms with Crippen LogP contribution in [0.25, 0.3) is 0 Å². The Balaban J connectivity index is 1.89. The van der Waals surface area contributed by atoms with Crippen LogP contribution in [0.3, 0.4) is 0 Å². The zero-order valence-corrected chi connectivity index (χ0v) is 12.1. The number of amides is 2. The predicted molar refractivity (Wildman–Crippen MR) is 77.1 cm³/mol. The largest absolute Gasteiger partial charge is 0.343 e. The lowest BCUT2D eigenvalue weighted by Gasteiger charge is -2.20. The van der Waals surface area contributed by atoms with E-state index >= 15 is 0 Å². The number of nitrogens with one attached hydrogen (secondary N) is 1. The highest BCUT2D eigenvalue weighted by atomic mass is 16.5. The summed E-state index contributed by atoms with van der Waals surface area (Å²) < 4.78 is 0.